The zero-order valence-corrected chi connectivity index (χ0v) is 21.4. The summed E-state index contributed by atoms with van der Waals surface area (Å²) in [5.41, 5.74) is 2.20. The van der Waals surface area contributed by atoms with Crippen molar-refractivity contribution in [2.45, 2.75) is 31.6 Å². The molecule has 182 valence electrons. The second kappa shape index (κ2) is 11.1. The van der Waals surface area contributed by atoms with Crippen molar-refractivity contribution in [1.29, 1.82) is 0 Å². The van der Waals surface area contributed by atoms with E-state index in [-0.39, 0.29) is 5.78 Å². The quantitative estimate of drug-likeness (QED) is 0.283. The number of aryl methyl sites for hydroxylation is 1. The summed E-state index contributed by atoms with van der Waals surface area (Å²) < 4.78 is 17.9. The number of carboxylic acids is 1. The van der Waals surface area contributed by atoms with E-state index in [9.17, 15) is 14.7 Å². The van der Waals surface area contributed by atoms with Gasteiger partial charge in [-0.3, -0.25) is 9.59 Å². The van der Waals surface area contributed by atoms with Crippen LogP contribution in [0.3, 0.4) is 0 Å². The molecule has 0 bridgehead atoms. The van der Waals surface area contributed by atoms with Crippen molar-refractivity contribution in [2.24, 2.45) is 0 Å². The number of fused-ring (bicyclic) bond motifs is 1. The van der Waals surface area contributed by atoms with Gasteiger partial charge in [0.05, 0.1) is 24.7 Å². The van der Waals surface area contributed by atoms with Crippen LogP contribution in [-0.4, -0.2) is 30.6 Å². The first kappa shape index (κ1) is 25.1. The van der Waals surface area contributed by atoms with Gasteiger partial charge < -0.3 is 19.3 Å². The third-order valence-electron chi connectivity index (χ3n) is 5.90. The minimum Gasteiger partial charge on any atom is -0.496 e. The lowest BCUT2D eigenvalue weighted by Crippen LogP contribution is -2.20. The van der Waals surface area contributed by atoms with Crippen LogP contribution in [0.1, 0.15) is 46.7 Å². The summed E-state index contributed by atoms with van der Waals surface area (Å²) in [6, 6.07) is 15.9. The molecule has 0 aromatic heterocycles. The Bertz CT molecular complexity index is 1240. The van der Waals surface area contributed by atoms with Gasteiger partial charge in [-0.15, -0.1) is 0 Å². The fraction of sp³-hybridized carbons (Fsp3) is 0.259. The number of ether oxygens (including phenoxy) is 3. The highest BCUT2D eigenvalue weighted by atomic mass is 79.9. The first-order chi connectivity index (χ1) is 16.9. The van der Waals surface area contributed by atoms with E-state index in [0.717, 1.165) is 22.2 Å². The summed E-state index contributed by atoms with van der Waals surface area (Å²) in [4.78, 5) is 24.2. The van der Waals surface area contributed by atoms with Crippen molar-refractivity contribution in [3.05, 3.63) is 80.8 Å². The molecule has 1 aliphatic heterocycles. The van der Waals surface area contributed by atoms with Crippen LogP contribution in [0, 0.1) is 0 Å². The number of rotatable bonds is 9. The van der Waals surface area contributed by atoms with Crippen LogP contribution >= 0.6 is 27.5 Å². The van der Waals surface area contributed by atoms with E-state index >= 15 is 0 Å². The fourth-order valence-electron chi connectivity index (χ4n) is 4.09. The van der Waals surface area contributed by atoms with Crippen LogP contribution in [0.15, 0.2) is 59.1 Å². The van der Waals surface area contributed by atoms with E-state index in [1.807, 2.05) is 18.2 Å². The Morgan fingerprint density at radius 2 is 1.89 bits per heavy atom. The average Bonchev–Trinajstić information content (AvgIpc) is 2.84. The molecule has 8 heteroatoms. The number of carboxylic acid groups (broad SMARTS) is 1. The predicted molar refractivity (Wildman–Crippen MR) is 136 cm³/mol. The second-order valence-corrected chi connectivity index (χ2v) is 9.53. The normalized spacial score (nSPS) is 14.5. The van der Waals surface area contributed by atoms with Crippen LogP contribution in [0.2, 0.25) is 5.02 Å². The topological polar surface area (TPSA) is 82.1 Å². The van der Waals surface area contributed by atoms with E-state index in [4.69, 9.17) is 25.8 Å². The van der Waals surface area contributed by atoms with E-state index in [1.165, 1.54) is 0 Å². The zero-order valence-electron chi connectivity index (χ0n) is 19.1. The number of aliphatic carboxylic acids is 1. The zero-order chi connectivity index (χ0) is 24.9. The molecule has 0 radical (unpaired) electrons. The first-order valence-electron chi connectivity index (χ1n) is 11.2. The Kier molecular flexibility index (Phi) is 7.98. The Balaban J connectivity index is 1.38. The van der Waals surface area contributed by atoms with Gasteiger partial charge in [-0.05, 0) is 73.4 Å². The molecule has 4 rings (SSSR count). The third kappa shape index (κ3) is 5.97. The average molecular weight is 560 g/mol. The van der Waals surface area contributed by atoms with E-state index in [0.29, 0.717) is 59.3 Å². The summed E-state index contributed by atoms with van der Waals surface area (Å²) in [6.45, 7) is 0.316. The molecular weight excluding hydrogens is 536 g/mol. The van der Waals surface area contributed by atoms with E-state index in [2.05, 4.69) is 15.9 Å². The highest BCUT2D eigenvalue weighted by molar-refractivity contribution is 9.10. The lowest BCUT2D eigenvalue weighted by molar-refractivity contribution is -0.139. The smallest absolute Gasteiger partial charge is 0.311 e. The molecule has 6 nitrogen and oxygen atoms in total. The molecule has 0 aliphatic carbocycles. The molecular formula is C27H24BrClO6. The number of carbonyl (C=O) groups excluding carboxylic acids is 1. The summed E-state index contributed by atoms with van der Waals surface area (Å²) in [5.74, 6) is 0.621. The molecule has 1 unspecified atom stereocenters. The lowest BCUT2D eigenvalue weighted by atomic mass is 9.93. The van der Waals surface area contributed by atoms with Gasteiger partial charge in [-0.1, -0.05) is 27.5 Å². The number of methoxy groups -OCH3 is 1. The molecule has 35 heavy (non-hydrogen) atoms. The molecule has 1 N–H and O–H groups in total. The number of Topliss-reactive ketones (excluding diaryl/α,β-unsaturated/α-hetero) is 1. The summed E-state index contributed by atoms with van der Waals surface area (Å²) in [7, 11) is 1.64. The second-order valence-electron chi connectivity index (χ2n) is 8.21. The maximum absolute atomic E-state index is 12.7. The van der Waals surface area contributed by atoms with Crippen LogP contribution in [0.25, 0.3) is 0 Å². The minimum atomic E-state index is -0.907. The molecule has 0 spiro atoms. The van der Waals surface area contributed by atoms with E-state index < -0.39 is 11.9 Å². The van der Waals surface area contributed by atoms with Crippen LogP contribution < -0.4 is 14.2 Å². The Morgan fingerprint density at radius 1 is 1.11 bits per heavy atom. The molecule has 0 fully saturated rings. The third-order valence-corrected chi connectivity index (χ3v) is 6.69. The first-order valence-corrected chi connectivity index (χ1v) is 12.4. The van der Waals surface area contributed by atoms with Crippen LogP contribution in [0.5, 0.6) is 23.0 Å². The van der Waals surface area contributed by atoms with Crippen molar-refractivity contribution in [2.75, 3.05) is 13.7 Å². The number of hydrogen-bond donors (Lipinski definition) is 1. The highest BCUT2D eigenvalue weighted by Crippen LogP contribution is 2.41. The number of hydrogen-bond acceptors (Lipinski definition) is 5. The van der Waals surface area contributed by atoms with Gasteiger partial charge in [-0.2, -0.15) is 0 Å². The van der Waals surface area contributed by atoms with Crippen molar-refractivity contribution in [1.82, 2.24) is 0 Å². The molecule has 0 amide bonds. The Hall–Kier alpha value is -3.03. The number of halogens is 2. The van der Waals surface area contributed by atoms with Gasteiger partial charge in [0.15, 0.2) is 5.78 Å². The van der Waals surface area contributed by atoms with Crippen LogP contribution in [-0.2, 0) is 11.2 Å². The maximum atomic E-state index is 12.7. The predicted octanol–water partition coefficient (Wildman–Crippen LogP) is 7.06. The summed E-state index contributed by atoms with van der Waals surface area (Å²) in [5, 5.41) is 9.73. The summed E-state index contributed by atoms with van der Waals surface area (Å²) in [6.07, 6.45) is 2.24. The summed E-state index contributed by atoms with van der Waals surface area (Å²) >= 11 is 9.83. The van der Waals surface area contributed by atoms with Gasteiger partial charge >= 0.3 is 5.97 Å². The monoisotopic (exact) mass is 558 g/mol. The highest BCUT2D eigenvalue weighted by Gasteiger charge is 2.29. The minimum absolute atomic E-state index is 0.0467. The molecule has 0 saturated carbocycles. The van der Waals surface area contributed by atoms with Crippen LogP contribution in [0.4, 0.5) is 0 Å². The van der Waals surface area contributed by atoms with Gasteiger partial charge in [0.2, 0.25) is 0 Å². The van der Waals surface area contributed by atoms with Gasteiger partial charge in [-0.25, -0.2) is 0 Å². The largest absolute Gasteiger partial charge is 0.496 e. The Labute approximate surface area is 216 Å². The Morgan fingerprint density at radius 3 is 2.60 bits per heavy atom. The van der Waals surface area contributed by atoms with Crippen molar-refractivity contribution >= 4 is 39.3 Å². The maximum Gasteiger partial charge on any atom is 0.311 e. The fourth-order valence-corrected chi connectivity index (χ4v) is 4.71. The van der Waals surface area contributed by atoms with Gasteiger partial charge in [0, 0.05) is 28.1 Å². The molecule has 1 aliphatic rings. The van der Waals surface area contributed by atoms with Gasteiger partial charge in [0.25, 0.3) is 0 Å². The number of carbonyl (C=O) groups is 2. The van der Waals surface area contributed by atoms with Gasteiger partial charge in [0.1, 0.15) is 23.0 Å². The molecule has 3 aromatic rings. The molecule has 0 saturated heterocycles. The number of ketones is 1. The van der Waals surface area contributed by atoms with Crippen molar-refractivity contribution < 1.29 is 28.9 Å². The van der Waals surface area contributed by atoms with Crippen molar-refractivity contribution in [3.8, 4) is 23.0 Å². The van der Waals surface area contributed by atoms with E-state index in [1.54, 1.807) is 43.5 Å². The molecule has 1 atom stereocenters. The van der Waals surface area contributed by atoms with Crippen molar-refractivity contribution in [3.63, 3.8) is 0 Å². The molecule has 3 aromatic carbocycles. The SMILES string of the molecule is COc1ccc(Br)cc1CCCC(=O)c1ccc(Oc2cc3c(cc2Cl)C(C(=O)O)CCO3)cc1. The number of benzene rings is 3. The lowest BCUT2D eigenvalue weighted by Gasteiger charge is -2.24. The standard InChI is InChI=1S/C27H24BrClO6/c1-33-24-10-7-18(28)13-17(24)3-2-4-23(30)16-5-8-19(9-6-16)35-26-15-25-21(14-22(26)29)20(27(31)32)11-12-34-25/h5-10,13-15,20H,2-4,11-12H2,1H3,(H,31,32). The molecule has 1 heterocycles.